The van der Waals surface area contributed by atoms with Crippen molar-refractivity contribution >= 4 is 0 Å². The quantitative estimate of drug-likeness (QED) is 0.190. The Morgan fingerprint density at radius 3 is 1.26 bits per heavy atom. The number of allylic oxidation sites excluding steroid dienone is 17. The second-order valence-corrected chi connectivity index (χ2v) is 6.27. The molecular formula is C27H38. The van der Waals surface area contributed by atoms with E-state index < -0.39 is 0 Å². The fourth-order valence-electron chi connectivity index (χ4n) is 2.31. The average Bonchev–Trinajstić information content (AvgIpc) is 2.68. The van der Waals surface area contributed by atoms with E-state index >= 15 is 0 Å². The molecule has 0 radical (unpaired) electrons. The minimum Gasteiger partial charge on any atom is -0.0991 e. The standard InChI is InChI=1S/C27H38/c1-3-5-7-9-11-13-15-17-19-21-23-25-27-26-24-22-20-18-16-14-12-10-8-6-4-2/h3,5,7,9,11,13,15,17,19-27H,1,4,6,8,10,12,14,16,18H2,2H3. The van der Waals surface area contributed by atoms with Gasteiger partial charge in [0.2, 0.25) is 0 Å². The lowest BCUT2D eigenvalue weighted by Gasteiger charge is -1.98. The van der Waals surface area contributed by atoms with Gasteiger partial charge in [0.25, 0.3) is 0 Å². The van der Waals surface area contributed by atoms with Gasteiger partial charge in [-0.3, -0.25) is 0 Å². The molecule has 0 N–H and O–H groups in total. The third-order valence-corrected chi connectivity index (χ3v) is 3.80. The van der Waals surface area contributed by atoms with Crippen LogP contribution < -0.4 is 0 Å². The van der Waals surface area contributed by atoms with Crippen molar-refractivity contribution in [3.05, 3.63) is 110 Å². The van der Waals surface area contributed by atoms with Gasteiger partial charge in [0.05, 0.1) is 0 Å². The van der Waals surface area contributed by atoms with Crippen molar-refractivity contribution in [1.29, 1.82) is 0 Å². The van der Waals surface area contributed by atoms with Gasteiger partial charge < -0.3 is 0 Å². The molecule has 146 valence electrons. The predicted octanol–water partition coefficient (Wildman–Crippen LogP) is 8.76. The maximum Gasteiger partial charge on any atom is -0.0348 e. The monoisotopic (exact) mass is 362 g/mol. The maximum atomic E-state index is 3.62. The zero-order chi connectivity index (χ0) is 19.7. The fourth-order valence-corrected chi connectivity index (χ4v) is 2.31. The Hall–Kier alpha value is -2.34. The van der Waals surface area contributed by atoms with E-state index in [9.17, 15) is 0 Å². The summed E-state index contributed by atoms with van der Waals surface area (Å²) in [5.41, 5.74) is 0. The van der Waals surface area contributed by atoms with Crippen LogP contribution in [0.2, 0.25) is 0 Å². The highest BCUT2D eigenvalue weighted by molar-refractivity contribution is 5.21. The summed E-state index contributed by atoms with van der Waals surface area (Å²) in [5.74, 6) is 0. The van der Waals surface area contributed by atoms with Crippen molar-refractivity contribution in [1.82, 2.24) is 0 Å². The molecule has 0 rings (SSSR count). The SMILES string of the molecule is C=CC=CC=CC=CC=CC=CC=CC=CC=CCCCCCCCCC. The van der Waals surface area contributed by atoms with Gasteiger partial charge in [0.15, 0.2) is 0 Å². The predicted molar refractivity (Wildman–Crippen MR) is 126 cm³/mol. The molecule has 0 saturated heterocycles. The summed E-state index contributed by atoms with van der Waals surface area (Å²) >= 11 is 0. The van der Waals surface area contributed by atoms with E-state index in [0.29, 0.717) is 0 Å². The van der Waals surface area contributed by atoms with Crippen LogP contribution in [-0.2, 0) is 0 Å². The summed E-state index contributed by atoms with van der Waals surface area (Å²) in [7, 11) is 0. The fraction of sp³-hybridized carbons (Fsp3) is 0.333. The van der Waals surface area contributed by atoms with Crippen LogP contribution in [0.3, 0.4) is 0 Å². The molecule has 27 heavy (non-hydrogen) atoms. The Morgan fingerprint density at radius 2 is 0.815 bits per heavy atom. The first-order valence-electron chi connectivity index (χ1n) is 10.4. The van der Waals surface area contributed by atoms with Crippen LogP contribution in [0.4, 0.5) is 0 Å². The smallest absolute Gasteiger partial charge is 0.0348 e. The van der Waals surface area contributed by atoms with Crippen LogP contribution in [-0.4, -0.2) is 0 Å². The van der Waals surface area contributed by atoms with E-state index in [1.54, 1.807) is 6.08 Å². The van der Waals surface area contributed by atoms with Crippen molar-refractivity contribution in [2.45, 2.75) is 58.3 Å². The number of rotatable bonds is 16. The van der Waals surface area contributed by atoms with Gasteiger partial charge >= 0.3 is 0 Å². The van der Waals surface area contributed by atoms with Gasteiger partial charge in [-0.2, -0.15) is 0 Å². The molecule has 0 atom stereocenters. The highest BCUT2D eigenvalue weighted by atomic mass is 13.9. The van der Waals surface area contributed by atoms with Crippen molar-refractivity contribution in [2.24, 2.45) is 0 Å². The minimum absolute atomic E-state index is 1.19. The Balaban J connectivity index is 3.65. The molecule has 0 aliphatic rings. The number of hydrogen-bond acceptors (Lipinski definition) is 0. The van der Waals surface area contributed by atoms with E-state index in [-0.39, 0.29) is 0 Å². The second kappa shape index (κ2) is 23.7. The normalized spacial score (nSPS) is 13.5. The molecule has 0 aromatic rings. The van der Waals surface area contributed by atoms with Gasteiger partial charge in [-0.1, -0.05) is 155 Å². The molecule has 0 unspecified atom stereocenters. The van der Waals surface area contributed by atoms with Crippen LogP contribution in [0.5, 0.6) is 0 Å². The van der Waals surface area contributed by atoms with Crippen molar-refractivity contribution in [2.75, 3.05) is 0 Å². The highest BCUT2D eigenvalue weighted by Crippen LogP contribution is 2.08. The van der Waals surface area contributed by atoms with Gasteiger partial charge in [-0.05, 0) is 12.8 Å². The first kappa shape index (κ1) is 24.7. The zero-order valence-electron chi connectivity index (χ0n) is 17.2. The third kappa shape index (κ3) is 23.7. The lowest BCUT2D eigenvalue weighted by Crippen LogP contribution is -1.78. The Bertz CT molecular complexity index is 545. The first-order valence-corrected chi connectivity index (χ1v) is 10.4. The minimum atomic E-state index is 1.19. The summed E-state index contributed by atoms with van der Waals surface area (Å²) in [6, 6.07) is 0. The molecule has 0 heterocycles. The maximum absolute atomic E-state index is 3.62. The second-order valence-electron chi connectivity index (χ2n) is 6.27. The summed E-state index contributed by atoms with van der Waals surface area (Å²) in [5, 5.41) is 0. The van der Waals surface area contributed by atoms with E-state index in [1.165, 1.54) is 51.4 Å². The van der Waals surface area contributed by atoms with Crippen LogP contribution in [0.15, 0.2) is 110 Å². The van der Waals surface area contributed by atoms with Crippen molar-refractivity contribution < 1.29 is 0 Å². The van der Waals surface area contributed by atoms with E-state index in [2.05, 4.69) is 37.8 Å². The average molecular weight is 363 g/mol. The molecule has 0 bridgehead atoms. The topological polar surface area (TPSA) is 0 Å². The van der Waals surface area contributed by atoms with Gasteiger partial charge in [0.1, 0.15) is 0 Å². The summed E-state index contributed by atoms with van der Waals surface area (Å²) in [4.78, 5) is 0. The van der Waals surface area contributed by atoms with Crippen LogP contribution >= 0.6 is 0 Å². The van der Waals surface area contributed by atoms with Crippen LogP contribution in [0, 0.1) is 0 Å². The molecule has 0 saturated carbocycles. The van der Waals surface area contributed by atoms with E-state index in [4.69, 9.17) is 0 Å². The first-order chi connectivity index (χ1) is 13.4. The molecule has 0 spiro atoms. The third-order valence-electron chi connectivity index (χ3n) is 3.80. The molecular weight excluding hydrogens is 324 g/mol. The highest BCUT2D eigenvalue weighted by Gasteiger charge is 1.88. The number of hydrogen-bond donors (Lipinski definition) is 0. The molecule has 0 aromatic heterocycles. The van der Waals surface area contributed by atoms with Crippen molar-refractivity contribution in [3.8, 4) is 0 Å². The molecule has 0 aliphatic heterocycles. The van der Waals surface area contributed by atoms with Gasteiger partial charge in [-0.15, -0.1) is 0 Å². The van der Waals surface area contributed by atoms with Crippen molar-refractivity contribution in [3.63, 3.8) is 0 Å². The zero-order valence-corrected chi connectivity index (χ0v) is 17.2. The molecule has 0 aromatic carbocycles. The lowest BCUT2D eigenvalue weighted by molar-refractivity contribution is 0.592. The van der Waals surface area contributed by atoms with Gasteiger partial charge in [-0.25, -0.2) is 0 Å². The Kier molecular flexibility index (Phi) is 21.6. The summed E-state index contributed by atoms with van der Waals surface area (Å²) in [6.45, 7) is 5.89. The lowest BCUT2D eigenvalue weighted by atomic mass is 10.1. The summed E-state index contributed by atoms with van der Waals surface area (Å²) < 4.78 is 0. The van der Waals surface area contributed by atoms with E-state index in [0.717, 1.165) is 0 Å². The van der Waals surface area contributed by atoms with Gasteiger partial charge in [0, 0.05) is 0 Å². The molecule has 0 nitrogen and oxygen atoms in total. The largest absolute Gasteiger partial charge is 0.0991 e. The molecule has 0 heteroatoms. The molecule has 0 amide bonds. The van der Waals surface area contributed by atoms with Crippen LogP contribution in [0.25, 0.3) is 0 Å². The Morgan fingerprint density at radius 1 is 0.444 bits per heavy atom. The number of unbranched alkanes of at least 4 members (excludes halogenated alkanes) is 7. The molecule has 0 aliphatic carbocycles. The molecule has 0 fully saturated rings. The van der Waals surface area contributed by atoms with Crippen LogP contribution in [0.1, 0.15) is 58.3 Å². The summed E-state index contributed by atoms with van der Waals surface area (Å²) in [6.07, 6.45) is 45.1. The Labute approximate surface area is 168 Å². The van der Waals surface area contributed by atoms with E-state index in [1.807, 2.05) is 72.9 Å².